The van der Waals surface area contributed by atoms with E-state index in [1.165, 1.54) is 22.3 Å². The number of fused-ring (bicyclic) bond motifs is 1. The molecule has 1 aliphatic rings. The molecule has 0 saturated carbocycles. The van der Waals surface area contributed by atoms with Gasteiger partial charge in [0, 0.05) is 12.1 Å². The highest BCUT2D eigenvalue weighted by atomic mass is 14.7. The molecule has 2 aromatic carbocycles. The van der Waals surface area contributed by atoms with Crippen LogP contribution in [0.2, 0.25) is 0 Å². The van der Waals surface area contributed by atoms with Crippen molar-refractivity contribution in [3.05, 3.63) is 95.8 Å². The zero-order chi connectivity index (χ0) is 14.1. The first-order chi connectivity index (χ1) is 10.4. The lowest BCUT2D eigenvalue weighted by Crippen LogP contribution is -1.98. The summed E-state index contributed by atoms with van der Waals surface area (Å²) in [4.78, 5) is 4.51. The molecule has 0 bridgehead atoms. The first-order valence-electron chi connectivity index (χ1n) is 7.21. The Morgan fingerprint density at radius 1 is 0.762 bits per heavy atom. The molecule has 0 aliphatic heterocycles. The van der Waals surface area contributed by atoms with Crippen LogP contribution in [0.25, 0.3) is 17.2 Å². The van der Waals surface area contributed by atoms with Gasteiger partial charge in [0.15, 0.2) is 0 Å². The summed E-state index contributed by atoms with van der Waals surface area (Å²) in [7, 11) is 0. The van der Waals surface area contributed by atoms with Crippen molar-refractivity contribution in [1.29, 1.82) is 0 Å². The van der Waals surface area contributed by atoms with E-state index in [1.807, 2.05) is 12.3 Å². The van der Waals surface area contributed by atoms with Gasteiger partial charge in [-0.05, 0) is 34.4 Å². The van der Waals surface area contributed by atoms with Crippen molar-refractivity contribution in [2.45, 2.75) is 5.92 Å². The van der Waals surface area contributed by atoms with Gasteiger partial charge < -0.3 is 0 Å². The monoisotopic (exact) mass is 269 g/mol. The molecule has 1 aromatic heterocycles. The number of nitrogens with zero attached hydrogens (tertiary/aromatic N) is 1. The van der Waals surface area contributed by atoms with Gasteiger partial charge in [-0.2, -0.15) is 0 Å². The minimum atomic E-state index is 0.268. The second-order valence-corrected chi connectivity index (χ2v) is 5.27. The molecular weight excluding hydrogens is 254 g/mol. The minimum absolute atomic E-state index is 0.268. The molecule has 1 atom stereocenters. The predicted molar refractivity (Wildman–Crippen MR) is 87.0 cm³/mol. The van der Waals surface area contributed by atoms with Crippen LogP contribution < -0.4 is 0 Å². The fraction of sp³-hybridized carbons (Fsp3) is 0.0500. The number of benzene rings is 2. The van der Waals surface area contributed by atoms with Crippen molar-refractivity contribution >= 4 is 6.08 Å². The molecule has 0 fully saturated rings. The molecule has 0 saturated heterocycles. The summed E-state index contributed by atoms with van der Waals surface area (Å²) in [5.74, 6) is 0.268. The van der Waals surface area contributed by atoms with Crippen LogP contribution in [0.4, 0.5) is 0 Å². The Hall–Kier alpha value is -2.67. The molecule has 1 unspecified atom stereocenters. The molecule has 1 aliphatic carbocycles. The average molecular weight is 269 g/mol. The van der Waals surface area contributed by atoms with Crippen LogP contribution in [0.15, 0.2) is 79.0 Å². The van der Waals surface area contributed by atoms with E-state index in [0.717, 1.165) is 5.69 Å². The third-order valence-electron chi connectivity index (χ3n) is 4.02. The zero-order valence-corrected chi connectivity index (χ0v) is 11.6. The topological polar surface area (TPSA) is 12.9 Å². The van der Waals surface area contributed by atoms with Crippen molar-refractivity contribution in [3.63, 3.8) is 0 Å². The molecule has 0 amide bonds. The molecule has 4 rings (SSSR count). The van der Waals surface area contributed by atoms with Gasteiger partial charge in [0.1, 0.15) is 0 Å². The van der Waals surface area contributed by atoms with Gasteiger partial charge in [-0.3, -0.25) is 4.98 Å². The third kappa shape index (κ3) is 2.07. The fourth-order valence-corrected chi connectivity index (χ4v) is 3.02. The summed E-state index contributed by atoms with van der Waals surface area (Å²) in [6, 6.07) is 23.2. The Labute approximate surface area is 124 Å². The average Bonchev–Trinajstić information content (AvgIpc) is 3.00. The molecule has 100 valence electrons. The number of pyridine rings is 1. The third-order valence-corrected chi connectivity index (χ3v) is 4.02. The van der Waals surface area contributed by atoms with Crippen LogP contribution in [-0.2, 0) is 0 Å². The lowest BCUT2D eigenvalue weighted by Gasteiger charge is -2.13. The number of hydrogen-bond acceptors (Lipinski definition) is 1. The Morgan fingerprint density at radius 2 is 1.62 bits per heavy atom. The van der Waals surface area contributed by atoms with Crippen LogP contribution in [0, 0.1) is 0 Å². The van der Waals surface area contributed by atoms with Crippen molar-refractivity contribution in [3.8, 4) is 11.1 Å². The molecule has 0 spiro atoms. The van der Waals surface area contributed by atoms with E-state index in [4.69, 9.17) is 0 Å². The highest BCUT2D eigenvalue weighted by Gasteiger charge is 2.22. The number of hydrogen-bond donors (Lipinski definition) is 0. The van der Waals surface area contributed by atoms with Crippen LogP contribution in [0.5, 0.6) is 0 Å². The van der Waals surface area contributed by atoms with Crippen LogP contribution in [-0.4, -0.2) is 4.98 Å². The molecule has 0 N–H and O–H groups in total. The number of aromatic nitrogens is 1. The van der Waals surface area contributed by atoms with Gasteiger partial charge in [0.2, 0.25) is 0 Å². The van der Waals surface area contributed by atoms with Crippen molar-refractivity contribution in [2.24, 2.45) is 0 Å². The van der Waals surface area contributed by atoms with Gasteiger partial charge in [-0.25, -0.2) is 0 Å². The van der Waals surface area contributed by atoms with E-state index >= 15 is 0 Å². The van der Waals surface area contributed by atoms with Gasteiger partial charge >= 0.3 is 0 Å². The fourth-order valence-electron chi connectivity index (χ4n) is 3.02. The lowest BCUT2D eigenvalue weighted by molar-refractivity contribution is 0.972. The Balaban J connectivity index is 1.84. The maximum absolute atomic E-state index is 4.51. The largest absolute Gasteiger partial charge is 0.260 e. The quantitative estimate of drug-likeness (QED) is 0.644. The Morgan fingerprint density at radius 3 is 2.43 bits per heavy atom. The summed E-state index contributed by atoms with van der Waals surface area (Å²) >= 11 is 0. The SMILES string of the molecule is C1=CC(c2ccccn2)c2cccc(-c3ccccc3)c21. The summed E-state index contributed by atoms with van der Waals surface area (Å²) in [5.41, 5.74) is 6.33. The number of allylic oxidation sites excluding steroid dienone is 1. The normalized spacial score (nSPS) is 15.9. The second kappa shape index (κ2) is 5.02. The molecule has 0 radical (unpaired) electrons. The van der Waals surface area contributed by atoms with Gasteiger partial charge in [0.25, 0.3) is 0 Å². The zero-order valence-electron chi connectivity index (χ0n) is 11.6. The Bertz CT molecular complexity index is 789. The van der Waals surface area contributed by atoms with Crippen molar-refractivity contribution in [1.82, 2.24) is 4.98 Å². The summed E-state index contributed by atoms with van der Waals surface area (Å²) in [5, 5.41) is 0. The molecule has 1 heteroatoms. The first kappa shape index (κ1) is 12.1. The van der Waals surface area contributed by atoms with E-state index in [-0.39, 0.29) is 5.92 Å². The summed E-state index contributed by atoms with van der Waals surface area (Å²) < 4.78 is 0. The van der Waals surface area contributed by atoms with Gasteiger partial charge in [0.05, 0.1) is 5.69 Å². The number of rotatable bonds is 2. The van der Waals surface area contributed by atoms with E-state index < -0.39 is 0 Å². The van der Waals surface area contributed by atoms with E-state index in [9.17, 15) is 0 Å². The van der Waals surface area contributed by atoms with Crippen LogP contribution in [0.1, 0.15) is 22.7 Å². The maximum atomic E-state index is 4.51. The Kier molecular flexibility index (Phi) is 2.89. The first-order valence-corrected chi connectivity index (χ1v) is 7.21. The molecule has 1 heterocycles. The summed E-state index contributed by atoms with van der Waals surface area (Å²) in [6.45, 7) is 0. The van der Waals surface area contributed by atoms with E-state index in [2.05, 4.69) is 77.8 Å². The van der Waals surface area contributed by atoms with E-state index in [1.54, 1.807) is 0 Å². The molecule has 3 aromatic rings. The van der Waals surface area contributed by atoms with Crippen molar-refractivity contribution < 1.29 is 0 Å². The smallest absolute Gasteiger partial charge is 0.0516 e. The predicted octanol–water partition coefficient (Wildman–Crippen LogP) is 4.91. The maximum Gasteiger partial charge on any atom is 0.0516 e. The molecule has 21 heavy (non-hydrogen) atoms. The van der Waals surface area contributed by atoms with Crippen LogP contribution >= 0.6 is 0 Å². The highest BCUT2D eigenvalue weighted by Crippen LogP contribution is 2.39. The van der Waals surface area contributed by atoms with E-state index in [0.29, 0.717) is 0 Å². The molecular formula is C20H15N. The van der Waals surface area contributed by atoms with Crippen LogP contribution in [0.3, 0.4) is 0 Å². The molecule has 1 nitrogen and oxygen atoms in total. The second-order valence-electron chi connectivity index (χ2n) is 5.27. The standard InChI is InChI=1S/C20H15N/c1-2-7-15(8-3-1)16-9-6-10-17-18(16)12-13-19(17)20-11-4-5-14-21-20/h1-14,19H. The highest BCUT2D eigenvalue weighted by molar-refractivity contribution is 5.81. The summed E-state index contributed by atoms with van der Waals surface area (Å²) in [6.07, 6.45) is 6.35. The van der Waals surface area contributed by atoms with Gasteiger partial charge in [-0.15, -0.1) is 0 Å². The minimum Gasteiger partial charge on any atom is -0.260 e. The lowest BCUT2D eigenvalue weighted by atomic mass is 9.92. The van der Waals surface area contributed by atoms with Crippen molar-refractivity contribution in [2.75, 3.05) is 0 Å². The van der Waals surface area contributed by atoms with Gasteiger partial charge in [-0.1, -0.05) is 66.7 Å².